The van der Waals surface area contributed by atoms with Gasteiger partial charge in [0.15, 0.2) is 0 Å². The molecule has 1 fully saturated rings. The van der Waals surface area contributed by atoms with Crippen LogP contribution in [0.5, 0.6) is 0 Å². The van der Waals surface area contributed by atoms with Crippen molar-refractivity contribution < 1.29 is 9.59 Å². The van der Waals surface area contributed by atoms with Gasteiger partial charge in [-0.3, -0.25) is 9.59 Å². The lowest BCUT2D eigenvalue weighted by Crippen LogP contribution is -2.31. The number of hydrogen-bond donors (Lipinski definition) is 1. The fourth-order valence-corrected chi connectivity index (χ4v) is 3.71. The maximum absolute atomic E-state index is 12.4. The maximum Gasteiger partial charge on any atom is 0.252 e. The van der Waals surface area contributed by atoms with E-state index in [9.17, 15) is 9.59 Å². The van der Waals surface area contributed by atoms with E-state index in [0.717, 1.165) is 10.5 Å². The summed E-state index contributed by atoms with van der Waals surface area (Å²) < 4.78 is 0. The van der Waals surface area contributed by atoms with E-state index >= 15 is 0 Å². The standard InChI is InChI=1S/C20H22N2O2S/c1-25-18-10-6-5-9-17(18)20(24)21-12-16-11-19(23)22(14-16)13-15-7-3-2-4-8-15/h2-10,16H,11-14H2,1H3,(H,21,24). The van der Waals surface area contributed by atoms with E-state index in [1.165, 1.54) is 0 Å². The van der Waals surface area contributed by atoms with Gasteiger partial charge in [-0.1, -0.05) is 42.5 Å². The summed E-state index contributed by atoms with van der Waals surface area (Å²) in [7, 11) is 0. The quantitative estimate of drug-likeness (QED) is 0.811. The van der Waals surface area contributed by atoms with Gasteiger partial charge in [0.05, 0.1) is 5.56 Å². The number of benzene rings is 2. The van der Waals surface area contributed by atoms with Gasteiger partial charge in [0.25, 0.3) is 5.91 Å². The highest BCUT2D eigenvalue weighted by Gasteiger charge is 2.29. The molecule has 0 aliphatic carbocycles. The maximum atomic E-state index is 12.4. The first-order valence-corrected chi connectivity index (χ1v) is 9.62. The van der Waals surface area contributed by atoms with Crippen molar-refractivity contribution in [1.82, 2.24) is 10.2 Å². The first-order valence-electron chi connectivity index (χ1n) is 8.40. The highest BCUT2D eigenvalue weighted by molar-refractivity contribution is 7.98. The SMILES string of the molecule is CSc1ccccc1C(=O)NCC1CC(=O)N(Cc2ccccc2)C1. The molecule has 0 radical (unpaired) electrons. The zero-order valence-corrected chi connectivity index (χ0v) is 15.1. The lowest BCUT2D eigenvalue weighted by molar-refractivity contribution is -0.128. The molecule has 1 N–H and O–H groups in total. The van der Waals surface area contributed by atoms with E-state index in [0.29, 0.717) is 31.6 Å². The Morgan fingerprint density at radius 3 is 2.64 bits per heavy atom. The van der Waals surface area contributed by atoms with Crippen molar-refractivity contribution in [3.63, 3.8) is 0 Å². The third-order valence-corrected chi connectivity index (χ3v) is 5.21. The average Bonchev–Trinajstić information content (AvgIpc) is 3.00. The molecule has 130 valence electrons. The highest BCUT2D eigenvalue weighted by atomic mass is 32.2. The number of amides is 2. The monoisotopic (exact) mass is 354 g/mol. The van der Waals surface area contributed by atoms with Crippen LogP contribution >= 0.6 is 11.8 Å². The van der Waals surface area contributed by atoms with Gasteiger partial charge in [-0.2, -0.15) is 0 Å². The van der Waals surface area contributed by atoms with Gasteiger partial charge in [0, 0.05) is 36.9 Å². The fourth-order valence-electron chi connectivity index (χ4n) is 3.11. The molecule has 2 aromatic rings. The van der Waals surface area contributed by atoms with Crippen LogP contribution in [-0.2, 0) is 11.3 Å². The van der Waals surface area contributed by atoms with Crippen molar-refractivity contribution in [1.29, 1.82) is 0 Å². The molecule has 4 nitrogen and oxygen atoms in total. The Bertz CT molecular complexity index is 748. The number of carbonyl (C=O) groups excluding carboxylic acids is 2. The zero-order valence-electron chi connectivity index (χ0n) is 14.3. The molecule has 5 heteroatoms. The van der Waals surface area contributed by atoms with E-state index in [2.05, 4.69) is 5.32 Å². The molecule has 1 atom stereocenters. The van der Waals surface area contributed by atoms with E-state index in [1.807, 2.05) is 65.8 Å². The number of nitrogens with zero attached hydrogens (tertiary/aromatic N) is 1. The van der Waals surface area contributed by atoms with Crippen molar-refractivity contribution in [3.05, 3.63) is 65.7 Å². The largest absolute Gasteiger partial charge is 0.352 e. The molecule has 3 rings (SSSR count). The normalized spacial score (nSPS) is 16.9. The van der Waals surface area contributed by atoms with Crippen LogP contribution in [0, 0.1) is 5.92 Å². The van der Waals surface area contributed by atoms with Crippen molar-refractivity contribution in [3.8, 4) is 0 Å². The Morgan fingerprint density at radius 1 is 1.16 bits per heavy atom. The molecule has 2 aromatic carbocycles. The molecule has 1 aliphatic rings. The van der Waals surface area contributed by atoms with Crippen molar-refractivity contribution in [2.24, 2.45) is 5.92 Å². The molecule has 1 unspecified atom stereocenters. The molecular formula is C20H22N2O2S. The third-order valence-electron chi connectivity index (χ3n) is 4.41. The van der Waals surface area contributed by atoms with Crippen LogP contribution in [0.2, 0.25) is 0 Å². The summed E-state index contributed by atoms with van der Waals surface area (Å²) >= 11 is 1.56. The lowest BCUT2D eigenvalue weighted by atomic mass is 10.1. The Balaban J connectivity index is 1.54. The van der Waals surface area contributed by atoms with Crippen LogP contribution in [0.1, 0.15) is 22.3 Å². The summed E-state index contributed by atoms with van der Waals surface area (Å²) in [5.74, 6) is 0.258. The molecule has 25 heavy (non-hydrogen) atoms. The van der Waals surface area contributed by atoms with Gasteiger partial charge in [-0.15, -0.1) is 11.8 Å². The number of nitrogens with one attached hydrogen (secondary N) is 1. The van der Waals surface area contributed by atoms with E-state index in [4.69, 9.17) is 0 Å². The molecular weight excluding hydrogens is 332 g/mol. The minimum absolute atomic E-state index is 0.0705. The second-order valence-corrected chi connectivity index (χ2v) is 7.09. The summed E-state index contributed by atoms with van der Waals surface area (Å²) in [6.45, 7) is 1.86. The number of carbonyl (C=O) groups is 2. The lowest BCUT2D eigenvalue weighted by Gasteiger charge is -2.17. The molecule has 0 saturated carbocycles. The zero-order chi connectivity index (χ0) is 17.6. The molecule has 0 bridgehead atoms. The number of hydrogen-bond acceptors (Lipinski definition) is 3. The summed E-state index contributed by atoms with van der Waals surface area (Å²) in [5, 5.41) is 2.99. The smallest absolute Gasteiger partial charge is 0.252 e. The molecule has 1 heterocycles. The van der Waals surface area contributed by atoms with Gasteiger partial charge in [-0.25, -0.2) is 0 Å². The van der Waals surface area contributed by atoms with Crippen LogP contribution in [0.4, 0.5) is 0 Å². The van der Waals surface area contributed by atoms with Gasteiger partial charge in [-0.05, 0) is 24.0 Å². The van der Waals surface area contributed by atoms with Gasteiger partial charge in [0.1, 0.15) is 0 Å². The fraction of sp³-hybridized carbons (Fsp3) is 0.300. The number of thioether (sulfide) groups is 1. The predicted molar refractivity (Wildman–Crippen MR) is 101 cm³/mol. The molecule has 0 spiro atoms. The van der Waals surface area contributed by atoms with E-state index in [1.54, 1.807) is 11.8 Å². The van der Waals surface area contributed by atoms with Crippen molar-refractivity contribution >= 4 is 23.6 Å². The summed E-state index contributed by atoms with van der Waals surface area (Å²) in [6, 6.07) is 17.6. The van der Waals surface area contributed by atoms with Gasteiger partial charge >= 0.3 is 0 Å². The van der Waals surface area contributed by atoms with Gasteiger partial charge in [0.2, 0.25) is 5.91 Å². The minimum atomic E-state index is -0.0705. The second-order valence-electron chi connectivity index (χ2n) is 6.24. The van der Waals surface area contributed by atoms with Crippen LogP contribution < -0.4 is 5.32 Å². The summed E-state index contributed by atoms with van der Waals surface area (Å²) in [5.41, 5.74) is 1.83. The molecule has 2 amide bonds. The Labute approximate surface area is 152 Å². The second kappa shape index (κ2) is 8.21. The van der Waals surface area contributed by atoms with Crippen molar-refractivity contribution in [2.45, 2.75) is 17.9 Å². The predicted octanol–water partition coefficient (Wildman–Crippen LogP) is 3.19. The third kappa shape index (κ3) is 4.42. The molecule has 0 aromatic heterocycles. The van der Waals surface area contributed by atoms with E-state index < -0.39 is 0 Å². The first-order chi connectivity index (χ1) is 12.2. The molecule has 1 saturated heterocycles. The van der Waals surface area contributed by atoms with Crippen LogP contribution in [0.3, 0.4) is 0 Å². The summed E-state index contributed by atoms with van der Waals surface area (Å²) in [4.78, 5) is 27.5. The first kappa shape index (κ1) is 17.5. The highest BCUT2D eigenvalue weighted by Crippen LogP contribution is 2.21. The molecule has 1 aliphatic heterocycles. The Hall–Kier alpha value is -2.27. The summed E-state index contributed by atoms with van der Waals surface area (Å²) in [6.07, 6.45) is 2.46. The minimum Gasteiger partial charge on any atom is -0.352 e. The average molecular weight is 354 g/mol. The van der Waals surface area contributed by atoms with Gasteiger partial charge < -0.3 is 10.2 Å². The van der Waals surface area contributed by atoms with Crippen LogP contribution in [0.25, 0.3) is 0 Å². The van der Waals surface area contributed by atoms with Crippen LogP contribution in [-0.4, -0.2) is 36.1 Å². The topological polar surface area (TPSA) is 49.4 Å². The Morgan fingerprint density at radius 2 is 1.88 bits per heavy atom. The van der Waals surface area contributed by atoms with Crippen LogP contribution in [0.15, 0.2) is 59.5 Å². The number of likely N-dealkylation sites (tertiary alicyclic amines) is 1. The number of rotatable bonds is 6. The van der Waals surface area contributed by atoms with E-state index in [-0.39, 0.29) is 17.7 Å². The van der Waals surface area contributed by atoms with Crippen molar-refractivity contribution in [2.75, 3.05) is 19.3 Å². The Kier molecular flexibility index (Phi) is 5.76.